The largest absolute Gasteiger partial charge is 0.486 e. The van der Waals surface area contributed by atoms with Crippen molar-refractivity contribution in [3.8, 4) is 11.5 Å². The van der Waals surface area contributed by atoms with E-state index in [1.54, 1.807) is 12.3 Å². The van der Waals surface area contributed by atoms with Gasteiger partial charge in [-0.05, 0) is 38.0 Å². The van der Waals surface area contributed by atoms with Crippen molar-refractivity contribution in [1.82, 2.24) is 14.9 Å². The quantitative estimate of drug-likeness (QED) is 0.841. The van der Waals surface area contributed by atoms with Crippen molar-refractivity contribution in [3.63, 3.8) is 0 Å². The number of amides is 1. The summed E-state index contributed by atoms with van der Waals surface area (Å²) >= 11 is 0. The first-order valence-corrected chi connectivity index (χ1v) is 8.68. The fourth-order valence-corrected chi connectivity index (χ4v) is 3.44. The topological polar surface area (TPSA) is 64.6 Å². The van der Waals surface area contributed by atoms with E-state index >= 15 is 0 Å². The lowest BCUT2D eigenvalue weighted by Crippen LogP contribution is -2.39. The molecule has 1 atom stereocenters. The molecule has 1 fully saturated rings. The van der Waals surface area contributed by atoms with E-state index in [2.05, 4.69) is 9.97 Å². The zero-order valence-electron chi connectivity index (χ0n) is 14.3. The van der Waals surface area contributed by atoms with Crippen LogP contribution in [0.4, 0.5) is 0 Å². The first kappa shape index (κ1) is 15.9. The molecule has 6 nitrogen and oxygen atoms in total. The van der Waals surface area contributed by atoms with Gasteiger partial charge in [-0.25, -0.2) is 0 Å². The summed E-state index contributed by atoms with van der Waals surface area (Å²) in [7, 11) is 0. The third-order valence-corrected chi connectivity index (χ3v) is 4.69. The van der Waals surface area contributed by atoms with Crippen LogP contribution in [0.15, 0.2) is 30.6 Å². The monoisotopic (exact) mass is 339 g/mol. The van der Waals surface area contributed by atoms with Gasteiger partial charge in [-0.1, -0.05) is 0 Å². The highest BCUT2D eigenvalue weighted by molar-refractivity contribution is 5.95. The van der Waals surface area contributed by atoms with Crippen LogP contribution < -0.4 is 9.47 Å². The van der Waals surface area contributed by atoms with Gasteiger partial charge in [0.25, 0.3) is 5.91 Å². The molecule has 1 unspecified atom stereocenters. The summed E-state index contributed by atoms with van der Waals surface area (Å²) in [6, 6.07) is 5.41. The van der Waals surface area contributed by atoms with Crippen molar-refractivity contribution in [3.05, 3.63) is 47.5 Å². The van der Waals surface area contributed by atoms with Crippen molar-refractivity contribution in [2.75, 3.05) is 26.3 Å². The Balaban J connectivity index is 1.52. The minimum Gasteiger partial charge on any atom is -0.486 e. The maximum atomic E-state index is 12.9. The van der Waals surface area contributed by atoms with Gasteiger partial charge in [-0.15, -0.1) is 0 Å². The summed E-state index contributed by atoms with van der Waals surface area (Å²) in [5.74, 6) is 1.62. The first-order valence-electron chi connectivity index (χ1n) is 8.68. The molecule has 0 spiro atoms. The fraction of sp³-hybridized carbons (Fsp3) is 0.421. The zero-order valence-corrected chi connectivity index (χ0v) is 14.3. The summed E-state index contributed by atoms with van der Waals surface area (Å²) < 4.78 is 11.1. The van der Waals surface area contributed by atoms with Gasteiger partial charge >= 0.3 is 0 Å². The highest BCUT2D eigenvalue weighted by Crippen LogP contribution is 2.32. The number of nitrogens with zero attached hydrogens (tertiary/aromatic N) is 3. The number of rotatable bonds is 2. The number of piperidine rings is 1. The van der Waals surface area contributed by atoms with E-state index in [4.69, 9.17) is 9.47 Å². The van der Waals surface area contributed by atoms with Gasteiger partial charge < -0.3 is 14.4 Å². The second-order valence-corrected chi connectivity index (χ2v) is 6.53. The highest BCUT2D eigenvalue weighted by Gasteiger charge is 2.27. The van der Waals surface area contributed by atoms with Crippen LogP contribution in [0.3, 0.4) is 0 Å². The lowest BCUT2D eigenvalue weighted by Gasteiger charge is -2.32. The number of carbonyl (C=O) groups is 1. The molecule has 2 aromatic rings. The molecule has 1 aromatic heterocycles. The normalized spacial score (nSPS) is 19.6. The van der Waals surface area contributed by atoms with E-state index < -0.39 is 0 Å². The molecule has 0 bridgehead atoms. The van der Waals surface area contributed by atoms with Crippen LogP contribution in [0.1, 0.15) is 40.5 Å². The molecule has 25 heavy (non-hydrogen) atoms. The van der Waals surface area contributed by atoms with Crippen molar-refractivity contribution >= 4 is 5.91 Å². The number of fused-ring (bicyclic) bond motifs is 1. The molecule has 6 heteroatoms. The molecule has 0 radical (unpaired) electrons. The van der Waals surface area contributed by atoms with Crippen LogP contribution in [0, 0.1) is 6.92 Å². The van der Waals surface area contributed by atoms with Crippen molar-refractivity contribution < 1.29 is 14.3 Å². The van der Waals surface area contributed by atoms with Crippen LogP contribution in [0.2, 0.25) is 0 Å². The van der Waals surface area contributed by atoms with Gasteiger partial charge in [-0.2, -0.15) is 0 Å². The third kappa shape index (κ3) is 3.29. The van der Waals surface area contributed by atoms with Crippen LogP contribution in [0.25, 0.3) is 0 Å². The summed E-state index contributed by atoms with van der Waals surface area (Å²) in [5.41, 5.74) is 2.52. The van der Waals surface area contributed by atoms with Gasteiger partial charge in [0.05, 0.1) is 11.4 Å². The molecule has 0 N–H and O–H groups in total. The molecule has 1 aromatic carbocycles. The predicted molar refractivity (Wildman–Crippen MR) is 92.1 cm³/mol. The molecule has 0 saturated carbocycles. The molecule has 1 saturated heterocycles. The minimum absolute atomic E-state index is 0.0299. The van der Waals surface area contributed by atoms with E-state index in [1.807, 2.05) is 30.2 Å². The average molecular weight is 339 g/mol. The number of likely N-dealkylation sites (tertiary alicyclic amines) is 1. The molecule has 3 heterocycles. The molecule has 1 amide bonds. The average Bonchev–Trinajstić information content (AvgIpc) is 2.67. The number of aromatic nitrogens is 2. The van der Waals surface area contributed by atoms with Gasteiger partial charge in [0.2, 0.25) is 0 Å². The molecule has 4 rings (SSSR count). The number of aryl methyl sites for hydroxylation is 1. The first-order chi connectivity index (χ1) is 12.2. The Bertz CT molecular complexity index is 793. The lowest BCUT2D eigenvalue weighted by molar-refractivity contribution is 0.0704. The molecule has 2 aliphatic heterocycles. The summed E-state index contributed by atoms with van der Waals surface area (Å²) in [6.45, 7) is 4.44. The van der Waals surface area contributed by atoms with E-state index in [0.717, 1.165) is 30.8 Å². The zero-order chi connectivity index (χ0) is 17.2. The van der Waals surface area contributed by atoms with Crippen molar-refractivity contribution in [2.24, 2.45) is 0 Å². The van der Waals surface area contributed by atoms with E-state index in [0.29, 0.717) is 36.8 Å². The van der Waals surface area contributed by atoms with Gasteiger partial charge in [-0.3, -0.25) is 14.8 Å². The molecule has 2 aliphatic rings. The lowest BCUT2D eigenvalue weighted by atomic mass is 9.94. The van der Waals surface area contributed by atoms with Gasteiger partial charge in [0, 0.05) is 37.0 Å². The highest BCUT2D eigenvalue weighted by atomic mass is 16.6. The van der Waals surface area contributed by atoms with Crippen LogP contribution >= 0.6 is 0 Å². The number of ether oxygens (including phenoxy) is 2. The standard InChI is InChI=1S/C19H21N3O3/c1-13-10-20-11-16(21-13)15-3-2-6-22(12-15)19(23)14-4-5-17-18(9-14)25-8-7-24-17/h4-5,9-11,15H,2-3,6-8,12H2,1H3. The Labute approximate surface area is 146 Å². The van der Waals surface area contributed by atoms with E-state index in [1.165, 1.54) is 0 Å². The Morgan fingerprint density at radius 3 is 2.88 bits per heavy atom. The minimum atomic E-state index is 0.0299. The number of benzene rings is 1. The maximum absolute atomic E-state index is 12.9. The Hall–Kier alpha value is -2.63. The number of hydrogen-bond acceptors (Lipinski definition) is 5. The molecule has 130 valence electrons. The van der Waals surface area contributed by atoms with Crippen LogP contribution in [-0.2, 0) is 0 Å². The number of carbonyl (C=O) groups excluding carboxylic acids is 1. The summed E-state index contributed by atoms with van der Waals surface area (Å²) in [4.78, 5) is 23.7. The fourth-order valence-electron chi connectivity index (χ4n) is 3.44. The summed E-state index contributed by atoms with van der Waals surface area (Å²) in [6.07, 6.45) is 5.57. The Kier molecular flexibility index (Phi) is 4.26. The SMILES string of the molecule is Cc1cncc(C2CCCN(C(=O)c3ccc4c(c3)OCCO4)C2)n1. The second-order valence-electron chi connectivity index (χ2n) is 6.53. The predicted octanol–water partition coefficient (Wildman–Crippen LogP) is 2.58. The van der Waals surface area contributed by atoms with Gasteiger partial charge in [0.1, 0.15) is 13.2 Å². The summed E-state index contributed by atoms with van der Waals surface area (Å²) in [5, 5.41) is 0. The van der Waals surface area contributed by atoms with Crippen LogP contribution in [-0.4, -0.2) is 47.1 Å². The molecular formula is C19H21N3O3. The molecule has 0 aliphatic carbocycles. The van der Waals surface area contributed by atoms with E-state index in [-0.39, 0.29) is 11.8 Å². The second kappa shape index (κ2) is 6.70. The van der Waals surface area contributed by atoms with E-state index in [9.17, 15) is 4.79 Å². The van der Waals surface area contributed by atoms with Crippen LogP contribution in [0.5, 0.6) is 11.5 Å². The smallest absolute Gasteiger partial charge is 0.254 e. The molecular weight excluding hydrogens is 318 g/mol. The Morgan fingerprint density at radius 2 is 2.04 bits per heavy atom. The van der Waals surface area contributed by atoms with Gasteiger partial charge in [0.15, 0.2) is 11.5 Å². The van der Waals surface area contributed by atoms with Crippen molar-refractivity contribution in [1.29, 1.82) is 0 Å². The maximum Gasteiger partial charge on any atom is 0.254 e. The third-order valence-electron chi connectivity index (χ3n) is 4.69. The number of hydrogen-bond donors (Lipinski definition) is 0. The van der Waals surface area contributed by atoms with Crippen molar-refractivity contribution in [2.45, 2.75) is 25.7 Å². The Morgan fingerprint density at radius 1 is 1.20 bits per heavy atom.